The minimum atomic E-state index is -3.86. The number of carbonyl (C=O) groups excluding carboxylic acids is 1. The van der Waals surface area contributed by atoms with Crippen molar-refractivity contribution in [2.75, 3.05) is 47.1 Å². The van der Waals surface area contributed by atoms with Crippen molar-refractivity contribution in [3.63, 3.8) is 0 Å². The second kappa shape index (κ2) is 12.1. The van der Waals surface area contributed by atoms with Gasteiger partial charge in [-0.3, -0.25) is 9.52 Å². The number of rotatable bonds is 8. The molecule has 2 aliphatic heterocycles. The van der Waals surface area contributed by atoms with Gasteiger partial charge in [-0.05, 0) is 51.1 Å². The van der Waals surface area contributed by atoms with Crippen LogP contribution in [0.5, 0.6) is 0 Å². The number of benzene rings is 2. The number of hydrogen-bond donors (Lipinski definition) is 2. The molecule has 15 heteroatoms. The standard InChI is InChI=1S/C27H29Cl4N5O5S/c1-5-33-20-11-16(28)17(29)12-21(20)34(6-2)25(33)9-8-10-26-35(15-24(37)32-42(4,40)41)22-13-18(30)19(31)14-23(22)36(26,7-3)27(38)39/h8-14,26H,5-7,15H2,1-4H3,(H-,32,37,38,39)/p+1. The molecule has 226 valence electrons. The molecule has 0 aliphatic carbocycles. The van der Waals surface area contributed by atoms with Gasteiger partial charge in [0.15, 0.2) is 11.9 Å². The normalized spacial score (nSPS) is 19.9. The molecule has 0 bridgehead atoms. The van der Waals surface area contributed by atoms with Crippen molar-refractivity contribution < 1.29 is 23.1 Å². The third-order valence-corrected chi connectivity index (χ3v) is 9.34. The molecule has 2 aromatic rings. The summed E-state index contributed by atoms with van der Waals surface area (Å²) in [7, 11) is -3.86. The largest absolute Gasteiger partial charge is 0.520 e. The van der Waals surface area contributed by atoms with Gasteiger partial charge >= 0.3 is 6.09 Å². The van der Waals surface area contributed by atoms with Gasteiger partial charge < -0.3 is 19.8 Å². The van der Waals surface area contributed by atoms with Crippen LogP contribution < -0.4 is 23.9 Å². The Bertz CT molecular complexity index is 1580. The summed E-state index contributed by atoms with van der Waals surface area (Å²) in [6.45, 7) is 6.57. The van der Waals surface area contributed by atoms with E-state index >= 15 is 0 Å². The lowest BCUT2D eigenvalue weighted by atomic mass is 10.2. The van der Waals surface area contributed by atoms with E-state index in [0.717, 1.165) is 23.5 Å². The predicted octanol–water partition coefficient (Wildman–Crippen LogP) is 6.29. The molecule has 0 radical (unpaired) electrons. The quantitative estimate of drug-likeness (QED) is 0.314. The van der Waals surface area contributed by atoms with E-state index < -0.39 is 39.2 Å². The molecule has 2 N–H and O–H groups in total. The van der Waals surface area contributed by atoms with E-state index in [0.29, 0.717) is 34.5 Å². The Morgan fingerprint density at radius 1 is 0.929 bits per heavy atom. The Labute approximate surface area is 264 Å². The summed E-state index contributed by atoms with van der Waals surface area (Å²) in [5.41, 5.74) is 2.43. The van der Waals surface area contributed by atoms with Crippen LogP contribution in [0.2, 0.25) is 20.1 Å². The molecular weight excluding hydrogens is 648 g/mol. The maximum Gasteiger partial charge on any atom is 0.520 e. The Kier molecular flexibility index (Phi) is 9.32. The fraction of sp³-hybridized carbons (Fsp3) is 0.333. The topological polar surface area (TPSA) is 110 Å². The Balaban J connectivity index is 1.84. The Hall–Kier alpha value is -2.67. The first-order chi connectivity index (χ1) is 19.7. The summed E-state index contributed by atoms with van der Waals surface area (Å²) >= 11 is 25.3. The zero-order valence-corrected chi connectivity index (χ0v) is 27.1. The van der Waals surface area contributed by atoms with Gasteiger partial charge in [-0.2, -0.15) is 9.28 Å². The molecule has 4 rings (SSSR count). The molecule has 2 aliphatic rings. The van der Waals surface area contributed by atoms with E-state index in [-0.39, 0.29) is 16.6 Å². The zero-order chi connectivity index (χ0) is 31.1. The molecule has 2 heterocycles. The van der Waals surface area contributed by atoms with Gasteiger partial charge in [0, 0.05) is 19.2 Å². The van der Waals surface area contributed by atoms with Gasteiger partial charge in [-0.25, -0.2) is 8.42 Å². The average Bonchev–Trinajstić information content (AvgIpc) is 3.32. The molecule has 0 fully saturated rings. The number of anilines is 3. The summed E-state index contributed by atoms with van der Waals surface area (Å²) in [5.74, 6) is -0.0143. The number of halogens is 4. The highest BCUT2D eigenvalue weighted by Gasteiger charge is 2.56. The van der Waals surface area contributed by atoms with Crippen molar-refractivity contribution in [1.82, 2.24) is 9.21 Å². The fourth-order valence-corrected chi connectivity index (χ4v) is 6.68. The highest BCUT2D eigenvalue weighted by Crippen LogP contribution is 2.49. The Morgan fingerprint density at radius 3 is 1.88 bits per heavy atom. The first-order valence-electron chi connectivity index (χ1n) is 13.0. The van der Waals surface area contributed by atoms with E-state index in [1.165, 1.54) is 17.0 Å². The van der Waals surface area contributed by atoms with Crippen molar-refractivity contribution >= 4 is 91.2 Å². The van der Waals surface area contributed by atoms with Crippen molar-refractivity contribution in [2.24, 2.45) is 0 Å². The van der Waals surface area contributed by atoms with E-state index in [2.05, 4.69) is 9.80 Å². The third kappa shape index (κ3) is 5.66. The number of quaternary nitrogens is 1. The molecule has 0 spiro atoms. The summed E-state index contributed by atoms with van der Waals surface area (Å²) in [5, 5.41) is 11.8. The number of carboxylic acid groups (broad SMARTS) is 1. The first kappa shape index (κ1) is 32.2. The fourth-order valence-electron chi connectivity index (χ4n) is 5.57. The number of hydrogen-bond acceptors (Lipinski definition) is 7. The number of carbonyl (C=O) groups is 2. The van der Waals surface area contributed by atoms with Gasteiger partial charge in [0.25, 0.3) is 5.91 Å². The van der Waals surface area contributed by atoms with Crippen molar-refractivity contribution in [3.05, 3.63) is 68.4 Å². The van der Waals surface area contributed by atoms with E-state index in [9.17, 15) is 23.1 Å². The van der Waals surface area contributed by atoms with Gasteiger partial charge in [0.05, 0.1) is 44.3 Å². The smallest absolute Gasteiger partial charge is 0.435 e. The lowest BCUT2D eigenvalue weighted by Gasteiger charge is -2.34. The lowest BCUT2D eigenvalue weighted by Crippen LogP contribution is -2.62. The number of nitrogens with zero attached hydrogens (tertiary/aromatic N) is 4. The van der Waals surface area contributed by atoms with Crippen LogP contribution in [0.25, 0.3) is 0 Å². The highest BCUT2D eigenvalue weighted by molar-refractivity contribution is 7.89. The zero-order valence-electron chi connectivity index (χ0n) is 23.2. The van der Waals surface area contributed by atoms with Crippen molar-refractivity contribution in [2.45, 2.75) is 26.9 Å². The average molecular weight is 678 g/mol. The van der Waals surface area contributed by atoms with E-state index in [4.69, 9.17) is 46.4 Å². The number of allylic oxidation sites excluding steroid dienone is 2. The van der Waals surface area contributed by atoms with Crippen LogP contribution in [-0.2, 0) is 14.8 Å². The first-order valence-corrected chi connectivity index (χ1v) is 16.4. The molecular formula is C27H30Cl4N5O5S+. The van der Waals surface area contributed by atoms with Crippen LogP contribution in [0.1, 0.15) is 20.8 Å². The molecule has 2 atom stereocenters. The molecule has 0 saturated heterocycles. The number of nitrogens with one attached hydrogen (secondary N) is 1. The second-order valence-corrected chi connectivity index (χ2v) is 13.1. The van der Waals surface area contributed by atoms with Gasteiger partial charge in [0.1, 0.15) is 18.1 Å². The van der Waals surface area contributed by atoms with E-state index in [1.54, 1.807) is 19.1 Å². The minimum absolute atomic E-state index is 0.0840. The summed E-state index contributed by atoms with van der Waals surface area (Å²) in [4.78, 5) is 31.4. The molecule has 42 heavy (non-hydrogen) atoms. The number of fused-ring (bicyclic) bond motifs is 2. The predicted molar refractivity (Wildman–Crippen MR) is 171 cm³/mol. The molecule has 10 nitrogen and oxygen atoms in total. The number of likely N-dealkylation sites (N-methyl/N-ethyl adjacent to an activating group) is 1. The molecule has 0 aromatic heterocycles. The van der Waals surface area contributed by atoms with Gasteiger partial charge in [-0.1, -0.05) is 52.5 Å². The van der Waals surface area contributed by atoms with Crippen LogP contribution in [0, 0.1) is 0 Å². The number of amides is 2. The monoisotopic (exact) mass is 676 g/mol. The maximum absolute atomic E-state index is 13.0. The molecule has 2 aromatic carbocycles. The second-order valence-electron chi connectivity index (χ2n) is 9.71. The van der Waals surface area contributed by atoms with Crippen LogP contribution in [0.15, 0.2) is 48.3 Å². The maximum atomic E-state index is 13.0. The van der Waals surface area contributed by atoms with Crippen LogP contribution in [0.3, 0.4) is 0 Å². The van der Waals surface area contributed by atoms with Crippen LogP contribution in [-0.4, -0.2) is 64.1 Å². The molecule has 0 saturated carbocycles. The highest BCUT2D eigenvalue weighted by atomic mass is 35.5. The van der Waals surface area contributed by atoms with Crippen LogP contribution in [0.4, 0.5) is 27.5 Å². The molecule has 2 unspecified atom stereocenters. The minimum Gasteiger partial charge on any atom is -0.435 e. The Morgan fingerprint density at radius 2 is 1.43 bits per heavy atom. The molecule has 2 amide bonds. The van der Waals surface area contributed by atoms with E-state index in [1.807, 2.05) is 36.8 Å². The third-order valence-electron chi connectivity index (χ3n) is 7.29. The van der Waals surface area contributed by atoms with Crippen LogP contribution >= 0.6 is 46.4 Å². The number of sulfonamides is 1. The SMILES string of the molecule is CCN1C(=CC=CC2N(CC(=O)NS(C)(=O)=O)c3cc(Cl)c(Cl)cc3[N+]2(CC)C(=O)O)N(CC)c2cc(Cl)c(Cl)cc21. The summed E-state index contributed by atoms with van der Waals surface area (Å²) in [6, 6.07) is 6.58. The van der Waals surface area contributed by atoms with Crippen molar-refractivity contribution in [3.8, 4) is 0 Å². The lowest BCUT2D eigenvalue weighted by molar-refractivity contribution is -0.118. The van der Waals surface area contributed by atoms with Gasteiger partial charge in [0.2, 0.25) is 10.0 Å². The van der Waals surface area contributed by atoms with Gasteiger partial charge in [-0.15, -0.1) is 0 Å². The summed E-state index contributed by atoms with van der Waals surface area (Å²) in [6.07, 6.45) is 3.96. The summed E-state index contributed by atoms with van der Waals surface area (Å²) < 4.78 is 24.9. The van der Waals surface area contributed by atoms with Crippen molar-refractivity contribution in [1.29, 1.82) is 0 Å².